The van der Waals surface area contributed by atoms with Crippen LogP contribution in [0.4, 0.5) is 0 Å². The molecule has 4 rings (SSSR count). The summed E-state index contributed by atoms with van der Waals surface area (Å²) in [6.45, 7) is 2.63. The molecule has 3 aromatic rings. The molecule has 0 spiro atoms. The number of hydrogen-bond donors (Lipinski definition) is 1. The minimum absolute atomic E-state index is 0.0498. The molecule has 0 heterocycles. The van der Waals surface area contributed by atoms with E-state index in [1.165, 1.54) is 16.3 Å². The Labute approximate surface area is 154 Å². The molecule has 0 saturated heterocycles. The van der Waals surface area contributed by atoms with Gasteiger partial charge < -0.3 is 10.6 Å². The average Bonchev–Trinajstić information content (AvgIpc) is 3.52. The van der Waals surface area contributed by atoms with Crippen molar-refractivity contribution in [3.63, 3.8) is 0 Å². The number of nitrogens with zero attached hydrogens (tertiary/aromatic N) is 1. The quantitative estimate of drug-likeness (QED) is 0.731. The second-order valence-corrected chi connectivity index (χ2v) is 7.13. The van der Waals surface area contributed by atoms with E-state index in [1.54, 1.807) is 0 Å². The van der Waals surface area contributed by atoms with Gasteiger partial charge in [-0.3, -0.25) is 4.79 Å². The summed E-state index contributed by atoms with van der Waals surface area (Å²) in [5.41, 5.74) is 8.63. The first-order chi connectivity index (χ1) is 12.7. The number of carbonyl (C=O) groups is 1. The summed E-state index contributed by atoms with van der Waals surface area (Å²) in [6, 6.07) is 22.9. The van der Waals surface area contributed by atoms with Crippen molar-refractivity contribution in [2.45, 2.75) is 38.4 Å². The first-order valence-electron chi connectivity index (χ1n) is 9.28. The predicted octanol–water partition coefficient (Wildman–Crippen LogP) is 4.66. The molecule has 0 aromatic heterocycles. The fourth-order valence-corrected chi connectivity index (χ4v) is 3.57. The largest absolute Gasteiger partial charge is 0.329 e. The van der Waals surface area contributed by atoms with Gasteiger partial charge >= 0.3 is 0 Å². The van der Waals surface area contributed by atoms with Crippen LogP contribution in [0.1, 0.15) is 47.3 Å². The third kappa shape index (κ3) is 3.23. The lowest BCUT2D eigenvalue weighted by molar-refractivity contribution is 0.0674. The number of hydrogen-bond acceptors (Lipinski definition) is 2. The molecular formula is C23H24N2O. The van der Waals surface area contributed by atoms with Crippen molar-refractivity contribution in [2.24, 2.45) is 5.73 Å². The number of nitrogens with two attached hydrogens (primary N) is 1. The van der Waals surface area contributed by atoms with Crippen molar-refractivity contribution >= 4 is 16.7 Å². The highest BCUT2D eigenvalue weighted by atomic mass is 16.2. The van der Waals surface area contributed by atoms with Crippen LogP contribution < -0.4 is 5.73 Å². The molecule has 26 heavy (non-hydrogen) atoms. The van der Waals surface area contributed by atoms with Gasteiger partial charge in [0.2, 0.25) is 0 Å². The zero-order valence-corrected chi connectivity index (χ0v) is 15.1. The second kappa shape index (κ2) is 6.93. The van der Waals surface area contributed by atoms with Crippen molar-refractivity contribution in [3.05, 3.63) is 83.4 Å². The van der Waals surface area contributed by atoms with E-state index in [0.717, 1.165) is 24.0 Å². The van der Waals surface area contributed by atoms with Crippen LogP contribution >= 0.6 is 0 Å². The van der Waals surface area contributed by atoms with Gasteiger partial charge in [0.1, 0.15) is 0 Å². The first-order valence-corrected chi connectivity index (χ1v) is 9.28. The molecule has 1 aliphatic carbocycles. The number of rotatable bonds is 5. The zero-order chi connectivity index (χ0) is 18.1. The summed E-state index contributed by atoms with van der Waals surface area (Å²) in [6.07, 6.45) is 2.18. The summed E-state index contributed by atoms with van der Waals surface area (Å²) >= 11 is 0. The van der Waals surface area contributed by atoms with Crippen LogP contribution in [0.25, 0.3) is 10.8 Å². The maximum atomic E-state index is 13.2. The fourth-order valence-electron chi connectivity index (χ4n) is 3.57. The van der Waals surface area contributed by atoms with Crippen LogP contribution in [0.15, 0.2) is 66.7 Å². The molecule has 132 valence electrons. The molecule has 0 aliphatic heterocycles. The van der Waals surface area contributed by atoms with Gasteiger partial charge in [0, 0.05) is 18.2 Å². The molecular weight excluding hydrogens is 320 g/mol. The van der Waals surface area contributed by atoms with E-state index in [9.17, 15) is 4.79 Å². The highest BCUT2D eigenvalue weighted by Gasteiger charge is 2.36. The number of amides is 1. The van der Waals surface area contributed by atoms with Crippen LogP contribution in [0.3, 0.4) is 0 Å². The van der Waals surface area contributed by atoms with Gasteiger partial charge in [0.15, 0.2) is 0 Å². The van der Waals surface area contributed by atoms with E-state index in [0.29, 0.717) is 12.6 Å². The van der Waals surface area contributed by atoms with E-state index < -0.39 is 0 Å². The molecule has 1 amide bonds. The van der Waals surface area contributed by atoms with Gasteiger partial charge in [0.05, 0.1) is 6.04 Å². The van der Waals surface area contributed by atoms with Crippen molar-refractivity contribution in [2.75, 3.05) is 0 Å². The lowest BCUT2D eigenvalue weighted by atomic mass is 10.0. The molecule has 3 nitrogen and oxygen atoms in total. The topological polar surface area (TPSA) is 46.3 Å². The molecule has 0 bridgehead atoms. The lowest BCUT2D eigenvalue weighted by Crippen LogP contribution is -2.35. The Morgan fingerprint density at radius 2 is 1.73 bits per heavy atom. The zero-order valence-electron chi connectivity index (χ0n) is 15.1. The normalized spacial score (nSPS) is 15.0. The molecule has 1 saturated carbocycles. The third-order valence-electron chi connectivity index (χ3n) is 5.28. The molecule has 1 fully saturated rings. The molecule has 1 aliphatic rings. The summed E-state index contributed by atoms with van der Waals surface area (Å²) in [4.78, 5) is 15.3. The number of benzene rings is 3. The van der Waals surface area contributed by atoms with Crippen molar-refractivity contribution < 1.29 is 4.79 Å². The van der Waals surface area contributed by atoms with Crippen LogP contribution in [-0.4, -0.2) is 16.8 Å². The van der Waals surface area contributed by atoms with Crippen molar-refractivity contribution in [1.29, 1.82) is 0 Å². The molecule has 2 N–H and O–H groups in total. The van der Waals surface area contributed by atoms with E-state index in [2.05, 4.69) is 54.3 Å². The number of fused-ring (bicyclic) bond motifs is 1. The Hall–Kier alpha value is -2.65. The van der Waals surface area contributed by atoms with Gasteiger partial charge in [-0.05, 0) is 59.9 Å². The van der Waals surface area contributed by atoms with Crippen LogP contribution in [0, 0.1) is 0 Å². The molecule has 3 aromatic carbocycles. The molecule has 0 radical (unpaired) electrons. The summed E-state index contributed by atoms with van der Waals surface area (Å²) in [7, 11) is 0. The van der Waals surface area contributed by atoms with E-state index in [-0.39, 0.29) is 11.9 Å². The fraction of sp³-hybridized carbons (Fsp3) is 0.261. The maximum Gasteiger partial charge on any atom is 0.254 e. The third-order valence-corrected chi connectivity index (χ3v) is 5.28. The highest BCUT2D eigenvalue weighted by molar-refractivity contribution is 5.95. The summed E-state index contributed by atoms with van der Waals surface area (Å²) < 4.78 is 0. The predicted molar refractivity (Wildman–Crippen MR) is 106 cm³/mol. The van der Waals surface area contributed by atoms with Crippen molar-refractivity contribution in [3.8, 4) is 0 Å². The minimum Gasteiger partial charge on any atom is -0.329 e. The van der Waals surface area contributed by atoms with E-state index in [1.807, 2.05) is 24.3 Å². The highest BCUT2D eigenvalue weighted by Crippen LogP contribution is 2.36. The second-order valence-electron chi connectivity index (χ2n) is 7.13. The summed E-state index contributed by atoms with van der Waals surface area (Å²) in [5, 5.41) is 2.44. The molecule has 3 heteroatoms. The van der Waals surface area contributed by atoms with Crippen LogP contribution in [0.5, 0.6) is 0 Å². The van der Waals surface area contributed by atoms with Crippen LogP contribution in [0.2, 0.25) is 0 Å². The average molecular weight is 344 g/mol. The standard InChI is InChI=1S/C23H24N2O/c1-16(20-11-10-18-4-2-3-5-21(18)14-20)25(22-12-13-22)23(26)19-8-6-17(15-24)7-9-19/h2-11,14,16,22H,12-13,15,24H2,1H3. The van der Waals surface area contributed by atoms with Gasteiger partial charge in [0.25, 0.3) is 5.91 Å². The lowest BCUT2D eigenvalue weighted by Gasteiger charge is -2.30. The van der Waals surface area contributed by atoms with Gasteiger partial charge in [-0.2, -0.15) is 0 Å². The first kappa shape index (κ1) is 16.8. The van der Waals surface area contributed by atoms with E-state index >= 15 is 0 Å². The Balaban J connectivity index is 1.65. The van der Waals surface area contributed by atoms with Gasteiger partial charge in [-0.25, -0.2) is 0 Å². The Morgan fingerprint density at radius 1 is 1.04 bits per heavy atom. The number of carbonyl (C=O) groups excluding carboxylic acids is 1. The smallest absolute Gasteiger partial charge is 0.254 e. The van der Waals surface area contributed by atoms with Crippen molar-refractivity contribution in [1.82, 2.24) is 4.90 Å². The van der Waals surface area contributed by atoms with Gasteiger partial charge in [-0.15, -0.1) is 0 Å². The molecule has 1 atom stereocenters. The maximum absolute atomic E-state index is 13.2. The van der Waals surface area contributed by atoms with Gasteiger partial charge in [-0.1, -0.05) is 48.5 Å². The SMILES string of the molecule is CC(c1ccc2ccccc2c1)N(C(=O)c1ccc(CN)cc1)C1CC1. The van der Waals surface area contributed by atoms with Crippen LogP contribution in [-0.2, 0) is 6.54 Å². The molecule has 1 unspecified atom stereocenters. The minimum atomic E-state index is 0.0498. The Morgan fingerprint density at radius 3 is 2.38 bits per heavy atom. The Kier molecular flexibility index (Phi) is 4.48. The monoisotopic (exact) mass is 344 g/mol. The summed E-state index contributed by atoms with van der Waals surface area (Å²) in [5.74, 6) is 0.108. The van der Waals surface area contributed by atoms with E-state index in [4.69, 9.17) is 5.73 Å². The Bertz CT molecular complexity index is 928.